The molecule has 0 radical (unpaired) electrons. The number of nitrogens with one attached hydrogen (secondary N) is 2. The molecule has 158 valence electrons. The van der Waals surface area contributed by atoms with Crippen LogP contribution in [0.25, 0.3) is 0 Å². The Balaban J connectivity index is 1.89. The Labute approximate surface area is 175 Å². The standard InChI is InChI=1S/C22H24N2O6/c1-15(25)24-17-8-7-9-18(14-17)30-11-6-5-10-23-22(26)16-12-19(27-2)21(29-4)20(13-16)28-3/h7-9,12-14H,10-11H2,1-4H3,(H,23,26)(H,24,25). The molecule has 2 rings (SSSR count). The first kappa shape index (κ1) is 22.4. The number of rotatable bonds is 8. The topological polar surface area (TPSA) is 95.1 Å². The molecular weight excluding hydrogens is 388 g/mol. The van der Waals surface area contributed by atoms with Crippen molar-refractivity contribution in [1.82, 2.24) is 5.32 Å². The number of hydrogen-bond donors (Lipinski definition) is 2. The van der Waals surface area contributed by atoms with Crippen LogP contribution >= 0.6 is 0 Å². The second-order valence-electron chi connectivity index (χ2n) is 5.95. The van der Waals surface area contributed by atoms with Gasteiger partial charge in [-0.05, 0) is 24.3 Å². The van der Waals surface area contributed by atoms with Crippen LogP contribution in [0.4, 0.5) is 5.69 Å². The van der Waals surface area contributed by atoms with Gasteiger partial charge in [-0.2, -0.15) is 0 Å². The lowest BCUT2D eigenvalue weighted by Gasteiger charge is -2.13. The average molecular weight is 412 g/mol. The fourth-order valence-electron chi connectivity index (χ4n) is 2.54. The van der Waals surface area contributed by atoms with Gasteiger partial charge in [0.1, 0.15) is 12.4 Å². The van der Waals surface area contributed by atoms with E-state index in [2.05, 4.69) is 22.5 Å². The molecule has 30 heavy (non-hydrogen) atoms. The van der Waals surface area contributed by atoms with Crippen LogP contribution in [-0.2, 0) is 4.79 Å². The molecular formula is C22H24N2O6. The van der Waals surface area contributed by atoms with Crippen LogP contribution in [0.1, 0.15) is 17.3 Å². The maximum Gasteiger partial charge on any atom is 0.252 e. The predicted molar refractivity (Wildman–Crippen MR) is 112 cm³/mol. The van der Waals surface area contributed by atoms with Crippen LogP contribution < -0.4 is 29.6 Å². The molecule has 0 spiro atoms. The lowest BCUT2D eigenvalue weighted by molar-refractivity contribution is -0.114. The smallest absolute Gasteiger partial charge is 0.252 e. The summed E-state index contributed by atoms with van der Waals surface area (Å²) in [4.78, 5) is 23.5. The zero-order chi connectivity index (χ0) is 21.9. The Bertz CT molecular complexity index is 937. The minimum atomic E-state index is -0.326. The zero-order valence-corrected chi connectivity index (χ0v) is 17.3. The lowest BCUT2D eigenvalue weighted by atomic mass is 10.1. The molecule has 8 nitrogen and oxygen atoms in total. The van der Waals surface area contributed by atoms with Gasteiger partial charge < -0.3 is 29.6 Å². The SMILES string of the molecule is COc1cc(C(=O)NCC#CCOc2cccc(NC(C)=O)c2)cc(OC)c1OC. The Morgan fingerprint density at radius 2 is 1.67 bits per heavy atom. The minimum Gasteiger partial charge on any atom is -0.493 e. The second kappa shape index (κ2) is 11.2. The number of anilines is 1. The summed E-state index contributed by atoms with van der Waals surface area (Å²) in [6.07, 6.45) is 0. The molecule has 2 amide bonds. The third-order valence-corrected chi connectivity index (χ3v) is 3.85. The quantitative estimate of drug-likeness (QED) is 0.647. The molecule has 0 saturated heterocycles. The number of carbonyl (C=O) groups excluding carboxylic acids is 2. The maximum absolute atomic E-state index is 12.4. The van der Waals surface area contributed by atoms with E-state index in [1.807, 2.05) is 0 Å². The van der Waals surface area contributed by atoms with Gasteiger partial charge in [0.15, 0.2) is 11.5 Å². The fraction of sp³-hybridized carbons (Fsp3) is 0.273. The van der Waals surface area contributed by atoms with Gasteiger partial charge in [0.05, 0.1) is 27.9 Å². The van der Waals surface area contributed by atoms with Gasteiger partial charge in [0.2, 0.25) is 11.7 Å². The summed E-state index contributed by atoms with van der Waals surface area (Å²) in [5, 5.41) is 5.38. The normalized spacial score (nSPS) is 9.60. The molecule has 0 bridgehead atoms. The highest BCUT2D eigenvalue weighted by Crippen LogP contribution is 2.38. The lowest BCUT2D eigenvalue weighted by Crippen LogP contribution is -2.23. The van der Waals surface area contributed by atoms with Crippen molar-refractivity contribution in [3.8, 4) is 34.8 Å². The van der Waals surface area contributed by atoms with E-state index in [1.54, 1.807) is 36.4 Å². The number of carbonyl (C=O) groups is 2. The van der Waals surface area contributed by atoms with E-state index >= 15 is 0 Å². The van der Waals surface area contributed by atoms with Crippen molar-refractivity contribution in [3.63, 3.8) is 0 Å². The van der Waals surface area contributed by atoms with E-state index in [9.17, 15) is 9.59 Å². The molecule has 2 aromatic rings. The van der Waals surface area contributed by atoms with E-state index in [0.29, 0.717) is 34.2 Å². The third kappa shape index (κ3) is 6.34. The van der Waals surface area contributed by atoms with E-state index in [4.69, 9.17) is 18.9 Å². The summed E-state index contributed by atoms with van der Waals surface area (Å²) >= 11 is 0. The highest BCUT2D eigenvalue weighted by Gasteiger charge is 2.16. The Kier molecular flexibility index (Phi) is 8.39. The van der Waals surface area contributed by atoms with E-state index in [1.165, 1.54) is 28.3 Å². The van der Waals surface area contributed by atoms with Crippen LogP contribution in [0.2, 0.25) is 0 Å². The zero-order valence-electron chi connectivity index (χ0n) is 17.3. The molecule has 0 fully saturated rings. The van der Waals surface area contributed by atoms with Crippen molar-refractivity contribution >= 4 is 17.5 Å². The summed E-state index contributed by atoms with van der Waals surface area (Å²) in [7, 11) is 4.46. The number of methoxy groups -OCH3 is 3. The Morgan fingerprint density at radius 3 is 2.27 bits per heavy atom. The molecule has 0 aliphatic heterocycles. The largest absolute Gasteiger partial charge is 0.493 e. The first-order chi connectivity index (χ1) is 14.5. The highest BCUT2D eigenvalue weighted by atomic mass is 16.5. The van der Waals surface area contributed by atoms with Crippen LogP contribution in [0.5, 0.6) is 23.0 Å². The fourth-order valence-corrected chi connectivity index (χ4v) is 2.54. The summed E-state index contributed by atoms with van der Waals surface area (Å²) < 4.78 is 21.3. The van der Waals surface area contributed by atoms with Crippen LogP contribution in [0.3, 0.4) is 0 Å². The van der Waals surface area contributed by atoms with E-state index in [-0.39, 0.29) is 25.0 Å². The van der Waals surface area contributed by atoms with Crippen LogP contribution in [-0.4, -0.2) is 46.3 Å². The van der Waals surface area contributed by atoms with Gasteiger partial charge in [-0.15, -0.1) is 0 Å². The van der Waals surface area contributed by atoms with Crippen molar-refractivity contribution in [1.29, 1.82) is 0 Å². The molecule has 0 aliphatic carbocycles. The monoisotopic (exact) mass is 412 g/mol. The van der Waals surface area contributed by atoms with E-state index in [0.717, 1.165) is 0 Å². The molecule has 0 aliphatic rings. The Hall–Kier alpha value is -3.86. The van der Waals surface area contributed by atoms with Gasteiger partial charge in [-0.25, -0.2) is 0 Å². The van der Waals surface area contributed by atoms with Crippen molar-refractivity contribution in [3.05, 3.63) is 42.0 Å². The molecule has 0 atom stereocenters. The minimum absolute atomic E-state index is 0.142. The van der Waals surface area contributed by atoms with Crippen LogP contribution in [0, 0.1) is 11.8 Å². The summed E-state index contributed by atoms with van der Waals surface area (Å²) in [6.45, 7) is 1.72. The highest BCUT2D eigenvalue weighted by molar-refractivity contribution is 5.95. The summed E-state index contributed by atoms with van der Waals surface area (Å²) in [5.41, 5.74) is 1.00. The number of ether oxygens (including phenoxy) is 4. The predicted octanol–water partition coefficient (Wildman–Crippen LogP) is 2.48. The van der Waals surface area contributed by atoms with Crippen molar-refractivity contribution < 1.29 is 28.5 Å². The Morgan fingerprint density at radius 1 is 0.967 bits per heavy atom. The first-order valence-corrected chi connectivity index (χ1v) is 9.02. The molecule has 8 heteroatoms. The van der Waals surface area contributed by atoms with Gasteiger partial charge in [0, 0.05) is 24.2 Å². The average Bonchev–Trinajstić information content (AvgIpc) is 2.74. The summed E-state index contributed by atoms with van der Waals surface area (Å²) in [5.74, 6) is 6.93. The number of benzene rings is 2. The first-order valence-electron chi connectivity index (χ1n) is 9.02. The number of amides is 2. The molecule has 0 saturated carbocycles. The molecule has 0 aromatic heterocycles. The molecule has 0 heterocycles. The van der Waals surface area contributed by atoms with Gasteiger partial charge in [0.25, 0.3) is 5.91 Å². The van der Waals surface area contributed by atoms with Gasteiger partial charge >= 0.3 is 0 Å². The molecule has 0 unspecified atom stereocenters. The van der Waals surface area contributed by atoms with E-state index < -0.39 is 0 Å². The second-order valence-corrected chi connectivity index (χ2v) is 5.95. The van der Waals surface area contributed by atoms with Gasteiger partial charge in [-0.3, -0.25) is 9.59 Å². The molecule has 2 N–H and O–H groups in total. The van der Waals surface area contributed by atoms with Crippen molar-refractivity contribution in [2.45, 2.75) is 6.92 Å². The van der Waals surface area contributed by atoms with Crippen molar-refractivity contribution in [2.24, 2.45) is 0 Å². The molecule has 2 aromatic carbocycles. The third-order valence-electron chi connectivity index (χ3n) is 3.85. The van der Waals surface area contributed by atoms with Crippen molar-refractivity contribution in [2.75, 3.05) is 39.8 Å². The van der Waals surface area contributed by atoms with Gasteiger partial charge in [-0.1, -0.05) is 17.9 Å². The maximum atomic E-state index is 12.4. The van der Waals surface area contributed by atoms with Crippen LogP contribution in [0.15, 0.2) is 36.4 Å². The summed E-state index contributed by atoms with van der Waals surface area (Å²) in [6, 6.07) is 10.1. The number of hydrogen-bond acceptors (Lipinski definition) is 6.